The van der Waals surface area contributed by atoms with Gasteiger partial charge in [-0.05, 0) is 84.9 Å². The fourth-order valence-corrected chi connectivity index (χ4v) is 3.43. The predicted molar refractivity (Wildman–Crippen MR) is 128 cm³/mol. The van der Waals surface area contributed by atoms with Gasteiger partial charge in [-0.15, -0.1) is 5.10 Å². The fraction of sp³-hybridized carbons (Fsp3) is 0.160. The monoisotopic (exact) mass is 456 g/mol. The molecule has 0 radical (unpaired) electrons. The van der Waals surface area contributed by atoms with Crippen LogP contribution in [0.15, 0.2) is 85.2 Å². The van der Waals surface area contributed by atoms with Crippen molar-refractivity contribution in [3.8, 4) is 5.69 Å². The Morgan fingerprint density at radius 1 is 0.941 bits per heavy atom. The molecule has 1 N–H and O–H groups in total. The summed E-state index contributed by atoms with van der Waals surface area (Å²) in [5, 5.41) is 14.3. The lowest BCUT2D eigenvalue weighted by molar-refractivity contribution is -0.122. The normalized spacial score (nSPS) is 10.7. The number of ether oxygens (including phenoxy) is 1. The maximum atomic E-state index is 12.9. The number of esters is 1. The number of carbonyl (C=O) groups is 2. The first-order valence-electron chi connectivity index (χ1n) is 10.8. The molecule has 0 atom stereocenters. The van der Waals surface area contributed by atoms with Gasteiger partial charge in [0.2, 0.25) is 0 Å². The van der Waals surface area contributed by atoms with Crippen LogP contribution in [0.5, 0.6) is 0 Å². The van der Waals surface area contributed by atoms with E-state index in [-0.39, 0.29) is 18.6 Å². The van der Waals surface area contributed by atoms with Crippen molar-refractivity contribution in [2.45, 2.75) is 19.9 Å². The SMILES string of the molecule is CC(C)N(C(=O)COC(=O)c1ccc(-n2cnnn2)cc1)c1ccc(Nc2ccccc2)cc1. The van der Waals surface area contributed by atoms with Crippen LogP contribution in [0.3, 0.4) is 0 Å². The van der Waals surface area contributed by atoms with E-state index in [1.807, 2.05) is 68.4 Å². The number of amides is 1. The number of hydrogen-bond donors (Lipinski definition) is 1. The first-order chi connectivity index (χ1) is 16.5. The van der Waals surface area contributed by atoms with Crippen LogP contribution in [0.25, 0.3) is 5.69 Å². The van der Waals surface area contributed by atoms with E-state index in [1.54, 1.807) is 29.2 Å². The molecule has 9 nitrogen and oxygen atoms in total. The second-order valence-electron chi connectivity index (χ2n) is 7.77. The molecule has 0 spiro atoms. The molecule has 0 saturated carbocycles. The van der Waals surface area contributed by atoms with E-state index in [1.165, 1.54) is 11.0 Å². The zero-order valence-electron chi connectivity index (χ0n) is 18.8. The van der Waals surface area contributed by atoms with Gasteiger partial charge in [0.1, 0.15) is 6.33 Å². The summed E-state index contributed by atoms with van der Waals surface area (Å²) in [6, 6.07) is 23.8. The Kier molecular flexibility index (Phi) is 6.92. The van der Waals surface area contributed by atoms with Gasteiger partial charge in [0.15, 0.2) is 6.61 Å². The quantitative estimate of drug-likeness (QED) is 0.400. The molecular formula is C25H24N6O3. The van der Waals surface area contributed by atoms with Gasteiger partial charge < -0.3 is 15.0 Å². The fourth-order valence-electron chi connectivity index (χ4n) is 3.43. The summed E-state index contributed by atoms with van der Waals surface area (Å²) in [4.78, 5) is 27.0. The van der Waals surface area contributed by atoms with Gasteiger partial charge in [0, 0.05) is 23.1 Å². The third-order valence-electron chi connectivity index (χ3n) is 5.04. The molecule has 0 fully saturated rings. The van der Waals surface area contributed by atoms with Crippen molar-refractivity contribution < 1.29 is 14.3 Å². The van der Waals surface area contributed by atoms with Gasteiger partial charge in [0.05, 0.1) is 11.3 Å². The van der Waals surface area contributed by atoms with E-state index in [2.05, 4.69) is 20.8 Å². The topological polar surface area (TPSA) is 102 Å². The van der Waals surface area contributed by atoms with Crippen LogP contribution in [0.1, 0.15) is 24.2 Å². The van der Waals surface area contributed by atoms with Crippen molar-refractivity contribution in [2.24, 2.45) is 0 Å². The number of tetrazole rings is 1. The minimum absolute atomic E-state index is 0.116. The Morgan fingerprint density at radius 3 is 2.24 bits per heavy atom. The Balaban J connectivity index is 1.37. The van der Waals surface area contributed by atoms with Crippen LogP contribution >= 0.6 is 0 Å². The summed E-state index contributed by atoms with van der Waals surface area (Å²) in [7, 11) is 0. The van der Waals surface area contributed by atoms with Crippen LogP contribution in [-0.2, 0) is 9.53 Å². The van der Waals surface area contributed by atoms with Gasteiger partial charge >= 0.3 is 5.97 Å². The van der Waals surface area contributed by atoms with Crippen molar-refractivity contribution in [3.63, 3.8) is 0 Å². The molecular weight excluding hydrogens is 432 g/mol. The number of carbonyl (C=O) groups excluding carboxylic acids is 2. The smallest absolute Gasteiger partial charge is 0.338 e. The highest BCUT2D eigenvalue weighted by Crippen LogP contribution is 2.23. The lowest BCUT2D eigenvalue weighted by Gasteiger charge is -2.27. The highest BCUT2D eigenvalue weighted by molar-refractivity contribution is 5.97. The molecule has 4 rings (SSSR count). The van der Waals surface area contributed by atoms with Crippen molar-refractivity contribution >= 4 is 28.9 Å². The molecule has 0 bridgehead atoms. The molecule has 0 aliphatic heterocycles. The van der Waals surface area contributed by atoms with Gasteiger partial charge in [-0.2, -0.15) is 0 Å². The number of nitrogens with one attached hydrogen (secondary N) is 1. The predicted octanol–water partition coefficient (Wildman–Crippen LogP) is 4.00. The third kappa shape index (κ3) is 5.44. The van der Waals surface area contributed by atoms with E-state index in [0.29, 0.717) is 11.3 Å². The molecule has 0 aliphatic carbocycles. The van der Waals surface area contributed by atoms with Gasteiger partial charge in [-0.1, -0.05) is 18.2 Å². The Bertz CT molecular complexity index is 1220. The molecule has 0 aliphatic rings. The summed E-state index contributed by atoms with van der Waals surface area (Å²) in [6.45, 7) is 3.46. The van der Waals surface area contributed by atoms with Gasteiger partial charge in [-0.3, -0.25) is 4.79 Å². The van der Waals surface area contributed by atoms with Crippen molar-refractivity contribution in [1.82, 2.24) is 20.2 Å². The van der Waals surface area contributed by atoms with Crippen LogP contribution in [0.4, 0.5) is 17.1 Å². The molecule has 1 heterocycles. The number of aromatic nitrogens is 4. The molecule has 1 amide bonds. The number of nitrogens with zero attached hydrogens (tertiary/aromatic N) is 5. The molecule has 0 saturated heterocycles. The Labute approximate surface area is 197 Å². The summed E-state index contributed by atoms with van der Waals surface area (Å²) < 4.78 is 6.76. The Hall–Kier alpha value is -4.53. The largest absolute Gasteiger partial charge is 0.452 e. The maximum absolute atomic E-state index is 12.9. The maximum Gasteiger partial charge on any atom is 0.338 e. The summed E-state index contributed by atoms with van der Waals surface area (Å²) in [5.74, 6) is -0.889. The standard InChI is InChI=1S/C25H24N6O3/c1-18(2)31(23-14-10-21(11-15-23)27-20-6-4-3-5-7-20)24(32)16-34-25(33)19-8-12-22(13-9-19)30-17-26-28-29-30/h3-15,17-18,27H,16H2,1-2H3. The summed E-state index contributed by atoms with van der Waals surface area (Å²) in [6.07, 6.45) is 1.46. The van der Waals surface area contributed by atoms with E-state index in [9.17, 15) is 9.59 Å². The molecule has 172 valence electrons. The highest BCUT2D eigenvalue weighted by atomic mass is 16.5. The summed E-state index contributed by atoms with van der Waals surface area (Å²) >= 11 is 0. The number of hydrogen-bond acceptors (Lipinski definition) is 7. The van der Waals surface area contributed by atoms with Crippen LogP contribution in [0.2, 0.25) is 0 Å². The van der Waals surface area contributed by atoms with Crippen molar-refractivity contribution in [3.05, 3.63) is 90.8 Å². The number of rotatable bonds is 8. The second kappa shape index (κ2) is 10.4. The zero-order valence-corrected chi connectivity index (χ0v) is 18.8. The number of benzene rings is 3. The minimum Gasteiger partial charge on any atom is -0.452 e. The molecule has 4 aromatic rings. The first kappa shape index (κ1) is 22.7. The van der Waals surface area contributed by atoms with E-state index < -0.39 is 5.97 Å². The molecule has 0 unspecified atom stereocenters. The van der Waals surface area contributed by atoms with Crippen LogP contribution in [0, 0.1) is 0 Å². The van der Waals surface area contributed by atoms with Crippen molar-refractivity contribution in [2.75, 3.05) is 16.8 Å². The summed E-state index contributed by atoms with van der Waals surface area (Å²) in [5.41, 5.74) is 3.64. The second-order valence-corrected chi connectivity index (χ2v) is 7.77. The van der Waals surface area contributed by atoms with Crippen LogP contribution in [-0.4, -0.2) is 44.7 Å². The third-order valence-corrected chi connectivity index (χ3v) is 5.04. The van der Waals surface area contributed by atoms with Gasteiger partial charge in [-0.25, -0.2) is 9.48 Å². The van der Waals surface area contributed by atoms with Crippen molar-refractivity contribution in [1.29, 1.82) is 0 Å². The lowest BCUT2D eigenvalue weighted by atomic mass is 10.2. The molecule has 9 heteroatoms. The molecule has 34 heavy (non-hydrogen) atoms. The lowest BCUT2D eigenvalue weighted by Crippen LogP contribution is -2.39. The number of para-hydroxylation sites is 1. The minimum atomic E-state index is -0.581. The number of anilines is 3. The van der Waals surface area contributed by atoms with Gasteiger partial charge in [0.25, 0.3) is 5.91 Å². The highest BCUT2D eigenvalue weighted by Gasteiger charge is 2.21. The molecule has 1 aromatic heterocycles. The van der Waals surface area contributed by atoms with E-state index in [4.69, 9.17) is 4.74 Å². The zero-order chi connectivity index (χ0) is 23.9. The molecule has 3 aromatic carbocycles. The Morgan fingerprint density at radius 2 is 1.62 bits per heavy atom. The van der Waals surface area contributed by atoms with Crippen LogP contribution < -0.4 is 10.2 Å². The first-order valence-corrected chi connectivity index (χ1v) is 10.8. The average Bonchev–Trinajstić information content (AvgIpc) is 3.39. The van der Waals surface area contributed by atoms with E-state index >= 15 is 0 Å². The average molecular weight is 457 g/mol. The van der Waals surface area contributed by atoms with E-state index in [0.717, 1.165) is 17.1 Å².